The van der Waals surface area contributed by atoms with Crippen LogP contribution >= 0.6 is 0 Å². The van der Waals surface area contributed by atoms with Gasteiger partial charge >= 0.3 is 6.09 Å². The van der Waals surface area contributed by atoms with Crippen LogP contribution in [0.15, 0.2) is 30.3 Å². The molecule has 1 N–H and O–H groups in total. The third-order valence-corrected chi connectivity index (χ3v) is 4.11. The second-order valence-electron chi connectivity index (χ2n) is 7.54. The first-order valence-corrected chi connectivity index (χ1v) is 8.56. The molecule has 1 aromatic carbocycles. The van der Waals surface area contributed by atoms with Crippen LogP contribution in [-0.4, -0.2) is 47.0 Å². The maximum atomic E-state index is 12.4. The van der Waals surface area contributed by atoms with E-state index in [2.05, 4.69) is 0 Å². The van der Waals surface area contributed by atoms with E-state index < -0.39 is 11.7 Å². The van der Waals surface area contributed by atoms with Gasteiger partial charge in [-0.05, 0) is 39.7 Å². The van der Waals surface area contributed by atoms with Crippen LogP contribution in [0.3, 0.4) is 0 Å². The number of aliphatic hydroxyl groups excluding tert-OH is 1. The molecule has 1 saturated heterocycles. The molecule has 0 spiro atoms. The third kappa shape index (κ3) is 5.80. The van der Waals surface area contributed by atoms with Gasteiger partial charge in [0.2, 0.25) is 0 Å². The van der Waals surface area contributed by atoms with Crippen molar-refractivity contribution in [1.82, 2.24) is 4.90 Å². The number of aliphatic hydroxyl groups is 1. The van der Waals surface area contributed by atoms with Gasteiger partial charge in [0, 0.05) is 12.5 Å². The predicted octanol–water partition coefficient (Wildman–Crippen LogP) is 3.21. The Labute approximate surface area is 144 Å². The number of hydrogen-bond donors (Lipinski definition) is 1. The fraction of sp³-hybridized carbons (Fsp3) is 0.632. The van der Waals surface area contributed by atoms with Crippen LogP contribution in [0.5, 0.6) is 0 Å². The molecule has 1 aromatic rings. The zero-order valence-corrected chi connectivity index (χ0v) is 15.1. The molecule has 5 heteroatoms. The summed E-state index contributed by atoms with van der Waals surface area (Å²) in [6.45, 7) is 8.81. The van der Waals surface area contributed by atoms with Gasteiger partial charge in [0.05, 0.1) is 25.4 Å². The Hall–Kier alpha value is -1.59. The quantitative estimate of drug-likeness (QED) is 0.918. The minimum Gasteiger partial charge on any atom is -0.444 e. The lowest BCUT2D eigenvalue weighted by Crippen LogP contribution is -2.50. The molecule has 3 unspecified atom stereocenters. The highest BCUT2D eigenvalue weighted by Crippen LogP contribution is 2.24. The summed E-state index contributed by atoms with van der Waals surface area (Å²) in [6, 6.07) is 9.95. The van der Waals surface area contributed by atoms with E-state index >= 15 is 0 Å². The summed E-state index contributed by atoms with van der Waals surface area (Å²) in [6.07, 6.45) is -0.200. The van der Waals surface area contributed by atoms with Gasteiger partial charge in [-0.15, -0.1) is 0 Å². The topological polar surface area (TPSA) is 59.0 Å². The molecule has 0 aromatic heterocycles. The van der Waals surface area contributed by atoms with Crippen LogP contribution in [0.25, 0.3) is 0 Å². The number of nitrogens with zero attached hydrogens (tertiary/aromatic N) is 1. The number of piperidine rings is 1. The molecular formula is C19H29NO4. The molecule has 1 aliphatic rings. The van der Waals surface area contributed by atoms with Gasteiger partial charge in [0.1, 0.15) is 5.60 Å². The van der Waals surface area contributed by atoms with Crippen LogP contribution in [0.2, 0.25) is 0 Å². The summed E-state index contributed by atoms with van der Waals surface area (Å²) in [5.41, 5.74) is 0.565. The summed E-state index contributed by atoms with van der Waals surface area (Å²) in [7, 11) is 0. The SMILES string of the molecule is CC(O)C1CC(OCc2ccccc2)CN(C(=O)OC(C)(C)C)C1. The molecule has 0 radical (unpaired) electrons. The van der Waals surface area contributed by atoms with Crippen molar-refractivity contribution in [2.45, 2.75) is 58.5 Å². The van der Waals surface area contributed by atoms with Crippen molar-refractivity contribution in [1.29, 1.82) is 0 Å². The average molecular weight is 335 g/mol. The van der Waals surface area contributed by atoms with Crippen molar-refractivity contribution in [3.8, 4) is 0 Å². The Bertz CT molecular complexity index is 524. The summed E-state index contributed by atoms with van der Waals surface area (Å²) >= 11 is 0. The molecule has 134 valence electrons. The Morgan fingerprint density at radius 3 is 2.54 bits per heavy atom. The number of rotatable bonds is 4. The van der Waals surface area contributed by atoms with E-state index in [1.807, 2.05) is 51.1 Å². The van der Waals surface area contributed by atoms with Gasteiger partial charge in [0.25, 0.3) is 0 Å². The molecule has 24 heavy (non-hydrogen) atoms. The lowest BCUT2D eigenvalue weighted by atomic mass is 9.92. The second kappa shape index (κ2) is 7.99. The molecule has 2 rings (SSSR count). The van der Waals surface area contributed by atoms with Gasteiger partial charge < -0.3 is 19.5 Å². The average Bonchev–Trinajstić information content (AvgIpc) is 2.52. The summed E-state index contributed by atoms with van der Waals surface area (Å²) in [5.74, 6) is -0.00737. The van der Waals surface area contributed by atoms with Crippen molar-refractivity contribution < 1.29 is 19.4 Å². The number of amides is 1. The van der Waals surface area contributed by atoms with Crippen LogP contribution in [0.1, 0.15) is 39.7 Å². The van der Waals surface area contributed by atoms with Crippen LogP contribution in [0, 0.1) is 5.92 Å². The number of carbonyl (C=O) groups is 1. The lowest BCUT2D eigenvalue weighted by molar-refractivity contribution is -0.0573. The van der Waals surface area contributed by atoms with E-state index in [0.29, 0.717) is 19.7 Å². The zero-order chi connectivity index (χ0) is 17.7. The molecule has 1 amide bonds. The van der Waals surface area contributed by atoms with E-state index in [1.54, 1.807) is 11.8 Å². The maximum absolute atomic E-state index is 12.4. The standard InChI is InChI=1S/C19H29NO4/c1-14(21)16-10-17(23-13-15-8-6-5-7-9-15)12-20(11-16)18(22)24-19(2,3)4/h5-9,14,16-17,21H,10-13H2,1-4H3. The minimum atomic E-state index is -0.532. The van der Waals surface area contributed by atoms with Crippen molar-refractivity contribution in [3.63, 3.8) is 0 Å². The number of benzene rings is 1. The molecular weight excluding hydrogens is 306 g/mol. The maximum Gasteiger partial charge on any atom is 0.410 e. The number of hydrogen-bond acceptors (Lipinski definition) is 4. The Morgan fingerprint density at radius 2 is 1.96 bits per heavy atom. The fourth-order valence-electron chi connectivity index (χ4n) is 2.82. The van der Waals surface area contributed by atoms with Gasteiger partial charge in [-0.3, -0.25) is 0 Å². The van der Waals surface area contributed by atoms with E-state index in [-0.39, 0.29) is 18.1 Å². The first-order chi connectivity index (χ1) is 11.2. The van der Waals surface area contributed by atoms with Gasteiger partial charge in [-0.25, -0.2) is 4.79 Å². The number of carbonyl (C=O) groups excluding carboxylic acids is 1. The molecule has 0 bridgehead atoms. The summed E-state index contributed by atoms with van der Waals surface area (Å²) < 4.78 is 11.5. The minimum absolute atomic E-state index is 0.00737. The number of ether oxygens (including phenoxy) is 2. The van der Waals surface area contributed by atoms with Crippen LogP contribution in [0.4, 0.5) is 4.79 Å². The molecule has 5 nitrogen and oxygen atoms in total. The van der Waals surface area contributed by atoms with Crippen molar-refractivity contribution in [2.75, 3.05) is 13.1 Å². The van der Waals surface area contributed by atoms with Gasteiger partial charge in [-0.1, -0.05) is 30.3 Å². The van der Waals surface area contributed by atoms with Crippen LogP contribution < -0.4 is 0 Å². The van der Waals surface area contributed by atoms with E-state index in [1.165, 1.54) is 0 Å². The Balaban J connectivity index is 1.98. The Morgan fingerprint density at radius 1 is 1.29 bits per heavy atom. The summed E-state index contributed by atoms with van der Waals surface area (Å²) in [4.78, 5) is 14.0. The van der Waals surface area contributed by atoms with Gasteiger partial charge in [0.15, 0.2) is 0 Å². The Kier molecular flexibility index (Phi) is 6.24. The highest BCUT2D eigenvalue weighted by atomic mass is 16.6. The molecule has 1 heterocycles. The fourth-order valence-corrected chi connectivity index (χ4v) is 2.82. The normalized spacial score (nSPS) is 23.0. The first-order valence-electron chi connectivity index (χ1n) is 8.56. The smallest absolute Gasteiger partial charge is 0.410 e. The number of likely N-dealkylation sites (tertiary alicyclic amines) is 1. The monoisotopic (exact) mass is 335 g/mol. The van der Waals surface area contributed by atoms with Crippen molar-refractivity contribution >= 4 is 6.09 Å². The van der Waals surface area contributed by atoms with Gasteiger partial charge in [-0.2, -0.15) is 0 Å². The van der Waals surface area contributed by atoms with E-state index in [0.717, 1.165) is 12.0 Å². The molecule has 1 fully saturated rings. The summed E-state index contributed by atoms with van der Waals surface area (Å²) in [5, 5.41) is 9.98. The predicted molar refractivity (Wildman–Crippen MR) is 92.6 cm³/mol. The zero-order valence-electron chi connectivity index (χ0n) is 15.1. The second-order valence-corrected chi connectivity index (χ2v) is 7.54. The molecule has 0 saturated carbocycles. The highest BCUT2D eigenvalue weighted by molar-refractivity contribution is 5.68. The molecule has 0 aliphatic carbocycles. The van der Waals surface area contributed by atoms with E-state index in [9.17, 15) is 9.90 Å². The highest BCUT2D eigenvalue weighted by Gasteiger charge is 2.34. The van der Waals surface area contributed by atoms with Crippen molar-refractivity contribution in [3.05, 3.63) is 35.9 Å². The van der Waals surface area contributed by atoms with Crippen LogP contribution in [-0.2, 0) is 16.1 Å². The third-order valence-electron chi connectivity index (χ3n) is 4.11. The lowest BCUT2D eigenvalue weighted by Gasteiger charge is -2.39. The van der Waals surface area contributed by atoms with Crippen molar-refractivity contribution in [2.24, 2.45) is 5.92 Å². The molecule has 3 atom stereocenters. The first kappa shape index (κ1) is 18.7. The largest absolute Gasteiger partial charge is 0.444 e. The van der Waals surface area contributed by atoms with E-state index in [4.69, 9.17) is 9.47 Å². The molecule has 1 aliphatic heterocycles.